The Bertz CT molecular complexity index is 563. The lowest BCUT2D eigenvalue weighted by Gasteiger charge is -2.13. The average molecular weight is 242 g/mol. The summed E-state index contributed by atoms with van der Waals surface area (Å²) in [7, 11) is 0. The van der Waals surface area contributed by atoms with Crippen LogP contribution in [0.5, 0.6) is 0 Å². The largest absolute Gasteiger partial charge is 0.321 e. The predicted molar refractivity (Wildman–Crippen MR) is 73.3 cm³/mol. The van der Waals surface area contributed by atoms with E-state index in [0.29, 0.717) is 6.42 Å². The van der Waals surface area contributed by atoms with E-state index in [-0.39, 0.29) is 11.7 Å². The molecule has 0 fully saturated rings. The fraction of sp³-hybridized carbons (Fsp3) is 0.333. The molecular formula is C15H18N2O. The van der Waals surface area contributed by atoms with E-state index >= 15 is 0 Å². The topological polar surface area (TPSA) is 56.0 Å². The summed E-state index contributed by atoms with van der Waals surface area (Å²) in [6.07, 6.45) is 0.310. The first-order chi connectivity index (χ1) is 8.58. The van der Waals surface area contributed by atoms with Crippen molar-refractivity contribution in [3.05, 3.63) is 42.1 Å². The van der Waals surface area contributed by atoms with Gasteiger partial charge in [0.2, 0.25) is 0 Å². The van der Waals surface area contributed by atoms with Gasteiger partial charge in [-0.2, -0.15) is 0 Å². The van der Waals surface area contributed by atoms with Crippen molar-refractivity contribution in [1.82, 2.24) is 4.98 Å². The zero-order chi connectivity index (χ0) is 13.1. The van der Waals surface area contributed by atoms with Crippen molar-refractivity contribution in [2.45, 2.75) is 26.3 Å². The van der Waals surface area contributed by atoms with Gasteiger partial charge < -0.3 is 5.73 Å². The molecule has 1 aromatic carbocycles. The minimum absolute atomic E-state index is 0.0489. The Balaban J connectivity index is 2.19. The molecule has 2 aromatic rings. The standard InChI is InChI=1S/C15H18N2O/c1-10(2)15(16)14(18)9-12-8-7-11-5-3-4-6-13(11)17-12/h3-8,10,15H,9,16H2,1-2H3. The molecule has 1 unspecified atom stereocenters. The molecule has 94 valence electrons. The highest BCUT2D eigenvalue weighted by Crippen LogP contribution is 2.13. The third kappa shape index (κ3) is 2.74. The maximum atomic E-state index is 11.9. The van der Waals surface area contributed by atoms with E-state index in [1.807, 2.05) is 50.2 Å². The fourth-order valence-corrected chi connectivity index (χ4v) is 1.87. The Kier molecular flexibility index (Phi) is 3.72. The van der Waals surface area contributed by atoms with Gasteiger partial charge in [-0.3, -0.25) is 9.78 Å². The van der Waals surface area contributed by atoms with Gasteiger partial charge in [0.1, 0.15) is 0 Å². The molecule has 1 aromatic heterocycles. The Morgan fingerprint density at radius 3 is 2.67 bits per heavy atom. The van der Waals surface area contributed by atoms with Crippen LogP contribution in [0.3, 0.4) is 0 Å². The number of nitrogens with two attached hydrogens (primary N) is 1. The molecule has 1 heterocycles. The van der Waals surface area contributed by atoms with Gasteiger partial charge in [-0.1, -0.05) is 38.1 Å². The van der Waals surface area contributed by atoms with Crippen LogP contribution in [0, 0.1) is 5.92 Å². The van der Waals surface area contributed by atoms with Crippen LogP contribution in [0.15, 0.2) is 36.4 Å². The molecule has 18 heavy (non-hydrogen) atoms. The fourth-order valence-electron chi connectivity index (χ4n) is 1.87. The number of pyridine rings is 1. The number of rotatable bonds is 4. The molecule has 0 spiro atoms. The van der Waals surface area contributed by atoms with Crippen molar-refractivity contribution in [2.75, 3.05) is 0 Å². The molecule has 2 rings (SSSR count). The Morgan fingerprint density at radius 2 is 1.94 bits per heavy atom. The maximum absolute atomic E-state index is 11.9. The van der Waals surface area contributed by atoms with E-state index in [2.05, 4.69) is 4.98 Å². The van der Waals surface area contributed by atoms with Gasteiger partial charge in [0, 0.05) is 11.1 Å². The molecule has 0 aliphatic rings. The van der Waals surface area contributed by atoms with Gasteiger partial charge >= 0.3 is 0 Å². The highest BCUT2D eigenvalue weighted by Gasteiger charge is 2.17. The predicted octanol–water partition coefficient (Wildman–Crippen LogP) is 2.33. The van der Waals surface area contributed by atoms with Crippen LogP contribution < -0.4 is 5.73 Å². The Hall–Kier alpha value is -1.74. The first-order valence-corrected chi connectivity index (χ1v) is 6.21. The Labute approximate surface area is 107 Å². The maximum Gasteiger partial charge on any atom is 0.155 e. The summed E-state index contributed by atoms with van der Waals surface area (Å²) in [5.74, 6) is 0.214. The molecule has 0 amide bonds. The van der Waals surface area contributed by atoms with E-state index in [9.17, 15) is 4.79 Å². The Morgan fingerprint density at radius 1 is 1.22 bits per heavy atom. The van der Waals surface area contributed by atoms with Gasteiger partial charge in [0.05, 0.1) is 18.0 Å². The number of carbonyl (C=O) groups excluding carboxylic acids is 1. The number of ketones is 1. The lowest BCUT2D eigenvalue weighted by Crippen LogP contribution is -2.36. The first-order valence-electron chi connectivity index (χ1n) is 6.21. The van der Waals surface area contributed by atoms with E-state index in [4.69, 9.17) is 5.73 Å². The van der Waals surface area contributed by atoms with Crippen molar-refractivity contribution in [2.24, 2.45) is 11.7 Å². The first kappa shape index (κ1) is 12.7. The number of para-hydroxylation sites is 1. The summed E-state index contributed by atoms with van der Waals surface area (Å²) in [4.78, 5) is 16.4. The SMILES string of the molecule is CC(C)C(N)C(=O)Cc1ccc2ccccc2n1. The molecule has 0 radical (unpaired) electrons. The number of nitrogens with zero attached hydrogens (tertiary/aromatic N) is 1. The van der Waals surface area contributed by atoms with Crippen LogP contribution in [-0.2, 0) is 11.2 Å². The van der Waals surface area contributed by atoms with Crippen molar-refractivity contribution >= 4 is 16.7 Å². The summed E-state index contributed by atoms with van der Waals surface area (Å²) >= 11 is 0. The summed E-state index contributed by atoms with van der Waals surface area (Å²) in [5, 5.41) is 1.09. The number of fused-ring (bicyclic) bond motifs is 1. The summed E-state index contributed by atoms with van der Waals surface area (Å²) in [6, 6.07) is 11.4. The van der Waals surface area contributed by atoms with Gasteiger partial charge in [-0.05, 0) is 18.1 Å². The van der Waals surface area contributed by atoms with Crippen LogP contribution in [0.4, 0.5) is 0 Å². The number of aromatic nitrogens is 1. The van der Waals surface area contributed by atoms with Crippen molar-refractivity contribution in [3.8, 4) is 0 Å². The highest BCUT2D eigenvalue weighted by atomic mass is 16.1. The lowest BCUT2D eigenvalue weighted by atomic mass is 9.98. The molecule has 3 nitrogen and oxygen atoms in total. The normalized spacial score (nSPS) is 12.9. The van der Waals surface area contributed by atoms with E-state index in [1.165, 1.54) is 0 Å². The third-order valence-corrected chi connectivity index (χ3v) is 3.10. The quantitative estimate of drug-likeness (QED) is 0.895. The minimum Gasteiger partial charge on any atom is -0.321 e. The highest BCUT2D eigenvalue weighted by molar-refractivity contribution is 5.86. The molecule has 3 heteroatoms. The van der Waals surface area contributed by atoms with Crippen molar-refractivity contribution in [1.29, 1.82) is 0 Å². The second kappa shape index (κ2) is 5.27. The van der Waals surface area contributed by atoms with E-state index < -0.39 is 6.04 Å². The molecule has 2 N–H and O–H groups in total. The number of hydrogen-bond donors (Lipinski definition) is 1. The number of hydrogen-bond acceptors (Lipinski definition) is 3. The molecule has 0 aliphatic heterocycles. The molecule has 0 bridgehead atoms. The van der Waals surface area contributed by atoms with Crippen LogP contribution in [0.1, 0.15) is 19.5 Å². The monoisotopic (exact) mass is 242 g/mol. The van der Waals surface area contributed by atoms with Crippen LogP contribution in [0.2, 0.25) is 0 Å². The number of Topliss-reactive ketones (excluding diaryl/α,β-unsaturated/α-hetero) is 1. The lowest BCUT2D eigenvalue weighted by molar-refractivity contribution is -0.120. The average Bonchev–Trinajstić information content (AvgIpc) is 2.37. The van der Waals surface area contributed by atoms with E-state index in [0.717, 1.165) is 16.6 Å². The summed E-state index contributed by atoms with van der Waals surface area (Å²) in [6.45, 7) is 3.91. The minimum atomic E-state index is -0.404. The van der Waals surface area contributed by atoms with Crippen molar-refractivity contribution in [3.63, 3.8) is 0 Å². The third-order valence-electron chi connectivity index (χ3n) is 3.10. The van der Waals surface area contributed by atoms with Gasteiger partial charge in [0.15, 0.2) is 5.78 Å². The number of benzene rings is 1. The molecule has 0 saturated heterocycles. The second-order valence-electron chi connectivity index (χ2n) is 4.91. The zero-order valence-corrected chi connectivity index (χ0v) is 10.8. The summed E-state index contributed by atoms with van der Waals surface area (Å²) < 4.78 is 0. The molecule has 0 saturated carbocycles. The molecular weight excluding hydrogens is 224 g/mol. The smallest absolute Gasteiger partial charge is 0.155 e. The zero-order valence-electron chi connectivity index (χ0n) is 10.8. The van der Waals surface area contributed by atoms with Gasteiger partial charge in [-0.25, -0.2) is 0 Å². The molecule has 0 aliphatic carbocycles. The van der Waals surface area contributed by atoms with Crippen LogP contribution in [0.25, 0.3) is 10.9 Å². The summed E-state index contributed by atoms with van der Waals surface area (Å²) in [5.41, 5.74) is 7.55. The second-order valence-corrected chi connectivity index (χ2v) is 4.91. The molecule has 1 atom stereocenters. The van der Waals surface area contributed by atoms with Gasteiger partial charge in [-0.15, -0.1) is 0 Å². The number of carbonyl (C=O) groups is 1. The van der Waals surface area contributed by atoms with Gasteiger partial charge in [0.25, 0.3) is 0 Å². The van der Waals surface area contributed by atoms with Crippen LogP contribution in [-0.4, -0.2) is 16.8 Å². The van der Waals surface area contributed by atoms with E-state index in [1.54, 1.807) is 0 Å². The van der Waals surface area contributed by atoms with Crippen molar-refractivity contribution < 1.29 is 4.79 Å². The van der Waals surface area contributed by atoms with Crippen LogP contribution >= 0.6 is 0 Å².